The van der Waals surface area contributed by atoms with E-state index in [0.717, 1.165) is 24.3 Å². The molecule has 0 fully saturated rings. The summed E-state index contributed by atoms with van der Waals surface area (Å²) in [5.41, 5.74) is 0. The SMILES string of the molecule is N.N.O.O.O.O=S(=O)([O-])c1cc(Cl)ccc1O.O=S(=O)([O-])c1cc(Cl)ccc1O.[Ag+].[NH4+]. The van der Waals surface area contributed by atoms with E-state index < -0.39 is 41.5 Å². The van der Waals surface area contributed by atoms with Crippen LogP contribution in [0.25, 0.3) is 0 Å². The molecule has 19 heteroatoms. The molecule has 0 saturated carbocycles. The van der Waals surface area contributed by atoms with E-state index in [4.69, 9.17) is 33.4 Å². The van der Waals surface area contributed by atoms with Crippen molar-refractivity contribution in [1.29, 1.82) is 0 Å². The summed E-state index contributed by atoms with van der Waals surface area (Å²) in [6.07, 6.45) is 0. The van der Waals surface area contributed by atoms with E-state index in [1.165, 1.54) is 12.1 Å². The van der Waals surface area contributed by atoms with Crippen molar-refractivity contribution in [2.24, 2.45) is 0 Å². The summed E-state index contributed by atoms with van der Waals surface area (Å²) in [6.45, 7) is 0. The molecule has 0 spiro atoms. The number of phenols is 2. The van der Waals surface area contributed by atoms with Crippen molar-refractivity contribution in [3.05, 3.63) is 46.4 Å². The van der Waals surface area contributed by atoms with Gasteiger partial charge in [-0.05, 0) is 36.4 Å². The van der Waals surface area contributed by atoms with Crippen LogP contribution < -0.4 is 18.5 Å². The largest absolute Gasteiger partial charge is 1.00 e. The molecule has 0 aromatic heterocycles. The normalized spacial score (nSPS) is 8.90. The topological polar surface area (TPSA) is 356 Å². The Morgan fingerprint density at radius 2 is 0.903 bits per heavy atom. The third kappa shape index (κ3) is 15.4. The molecular weight excluding hydrogens is 605 g/mol. The van der Waals surface area contributed by atoms with Crippen LogP contribution in [0.1, 0.15) is 0 Å². The second-order valence-corrected chi connectivity index (χ2v) is 7.70. The first kappa shape index (κ1) is 47.7. The van der Waals surface area contributed by atoms with Crippen LogP contribution >= 0.6 is 23.2 Å². The molecule has 0 radical (unpaired) electrons. The molecule has 0 atom stereocenters. The van der Waals surface area contributed by atoms with Crippen LogP contribution in [0.3, 0.4) is 0 Å². The van der Waals surface area contributed by atoms with Crippen molar-refractivity contribution >= 4 is 43.4 Å². The Bertz CT molecular complexity index is 900. The summed E-state index contributed by atoms with van der Waals surface area (Å²) in [7, 11) is -9.28. The van der Waals surface area contributed by atoms with Crippen LogP contribution in [0.2, 0.25) is 10.0 Å². The fourth-order valence-corrected chi connectivity index (χ4v) is 3.04. The molecule has 0 aliphatic heterocycles. The Balaban J connectivity index is -0.0000000606. The number of phenolic OH excluding ortho intramolecular Hbond substituents is 2. The number of benzene rings is 2. The Labute approximate surface area is 203 Å². The Morgan fingerprint density at radius 1 is 0.677 bits per heavy atom. The predicted octanol–water partition coefficient (Wildman–Crippen LogP) is 0.123. The number of hydrogen-bond donors (Lipinski definition) is 5. The van der Waals surface area contributed by atoms with Gasteiger partial charge in [0.15, 0.2) is 0 Å². The van der Waals surface area contributed by atoms with E-state index in [1.807, 2.05) is 0 Å². The van der Waals surface area contributed by atoms with Crippen molar-refractivity contribution in [3.63, 3.8) is 0 Å². The zero-order valence-corrected chi connectivity index (χ0v) is 20.2. The molecule has 0 unspecified atom stereocenters. The van der Waals surface area contributed by atoms with E-state index in [2.05, 4.69) is 0 Å². The van der Waals surface area contributed by atoms with Gasteiger partial charge in [-0.15, -0.1) is 0 Å². The number of quaternary nitrogens is 1. The third-order valence-corrected chi connectivity index (χ3v) is 4.58. The summed E-state index contributed by atoms with van der Waals surface area (Å²) in [4.78, 5) is -1.40. The van der Waals surface area contributed by atoms with Gasteiger partial charge in [0, 0.05) is 10.0 Å². The van der Waals surface area contributed by atoms with Gasteiger partial charge in [0.2, 0.25) is 0 Å². The molecule has 18 N–H and O–H groups in total. The molecule has 0 bridgehead atoms. The predicted molar refractivity (Wildman–Crippen MR) is 109 cm³/mol. The van der Waals surface area contributed by atoms with Gasteiger partial charge in [0.1, 0.15) is 31.7 Å². The van der Waals surface area contributed by atoms with Crippen LogP contribution in [-0.4, -0.2) is 52.6 Å². The second kappa shape index (κ2) is 18.5. The monoisotopic (exact) mass is 627 g/mol. The molecule has 0 heterocycles. The summed E-state index contributed by atoms with van der Waals surface area (Å²) in [6, 6.07) is 6.47. The van der Waals surface area contributed by atoms with Gasteiger partial charge in [-0.3, -0.25) is 0 Å². The van der Waals surface area contributed by atoms with E-state index in [0.29, 0.717) is 0 Å². The third-order valence-electron chi connectivity index (χ3n) is 2.38. The van der Waals surface area contributed by atoms with E-state index in [-0.39, 0.29) is 67.3 Å². The van der Waals surface area contributed by atoms with Gasteiger partial charge in [-0.1, -0.05) is 23.2 Å². The summed E-state index contributed by atoms with van der Waals surface area (Å²) < 4.78 is 62.6. The first-order valence-corrected chi connectivity index (χ1v) is 9.28. The molecule has 14 nitrogen and oxygen atoms in total. The van der Waals surface area contributed by atoms with Gasteiger partial charge in [-0.25, -0.2) is 16.8 Å². The van der Waals surface area contributed by atoms with Crippen molar-refractivity contribution in [2.45, 2.75) is 9.79 Å². The minimum atomic E-state index is -4.64. The Kier molecular flexibility index (Phi) is 28.4. The maximum absolute atomic E-state index is 10.4. The van der Waals surface area contributed by atoms with E-state index in [1.54, 1.807) is 0 Å². The molecule has 2 rings (SSSR count). The van der Waals surface area contributed by atoms with Crippen molar-refractivity contribution in [2.75, 3.05) is 0 Å². The van der Waals surface area contributed by atoms with Gasteiger partial charge < -0.3 is 54.2 Å². The maximum atomic E-state index is 10.4. The molecule has 2 aromatic carbocycles. The number of hydrogen-bond acceptors (Lipinski definition) is 10. The van der Waals surface area contributed by atoms with Gasteiger partial charge in [0.25, 0.3) is 0 Å². The summed E-state index contributed by atoms with van der Waals surface area (Å²) in [5, 5.41) is 18.0. The fourth-order valence-electron chi connectivity index (χ4n) is 1.38. The smallest absolute Gasteiger partial charge is 0.744 e. The van der Waals surface area contributed by atoms with Gasteiger partial charge >= 0.3 is 22.4 Å². The first-order valence-electron chi connectivity index (χ1n) is 5.71. The molecular formula is C12H24AgCl2N3O11S2. The zero-order valence-electron chi connectivity index (χ0n) is 15.6. The molecule has 0 aliphatic carbocycles. The van der Waals surface area contributed by atoms with Gasteiger partial charge in [-0.2, -0.15) is 0 Å². The molecule has 0 aliphatic rings. The second-order valence-electron chi connectivity index (χ2n) is 4.13. The molecule has 0 saturated heterocycles. The quantitative estimate of drug-likeness (QED) is 0.221. The standard InChI is InChI=1S/2C6H5ClO4S.Ag.3H3N.3H2O/c2*7-4-1-2-5(8)6(3-4)12(9,10)11;;;;;;;/h2*1-3,8H,(H,9,10,11);;3*1H3;3*1H2/q;;+1;;;;;;/p-1. The summed E-state index contributed by atoms with van der Waals surface area (Å²) in [5.74, 6) is -1.18. The van der Waals surface area contributed by atoms with Crippen LogP contribution in [0.4, 0.5) is 0 Å². The molecule has 190 valence electrons. The van der Waals surface area contributed by atoms with Crippen LogP contribution in [-0.2, 0) is 42.6 Å². The number of aromatic hydroxyl groups is 2. The van der Waals surface area contributed by atoms with Gasteiger partial charge in [0.05, 0.1) is 9.79 Å². The zero-order chi connectivity index (χ0) is 18.7. The maximum Gasteiger partial charge on any atom is 1.00 e. The fraction of sp³-hybridized carbons (Fsp3) is 0. The molecule has 0 amide bonds. The van der Waals surface area contributed by atoms with E-state index in [9.17, 15) is 25.9 Å². The van der Waals surface area contributed by atoms with E-state index >= 15 is 0 Å². The van der Waals surface area contributed by atoms with Crippen molar-refractivity contribution < 1.29 is 75.0 Å². The average Bonchev–Trinajstić information content (AvgIpc) is 2.42. The molecule has 31 heavy (non-hydrogen) atoms. The molecule has 2 aromatic rings. The number of rotatable bonds is 2. The van der Waals surface area contributed by atoms with Crippen LogP contribution in [0.15, 0.2) is 46.2 Å². The Morgan fingerprint density at radius 3 is 1.06 bits per heavy atom. The average molecular weight is 629 g/mol. The van der Waals surface area contributed by atoms with Crippen molar-refractivity contribution in [1.82, 2.24) is 18.5 Å². The van der Waals surface area contributed by atoms with Crippen molar-refractivity contribution in [3.8, 4) is 11.5 Å². The first-order chi connectivity index (χ1) is 10.8. The Hall–Kier alpha value is -1.06. The number of halogens is 2. The summed E-state index contributed by atoms with van der Waals surface area (Å²) >= 11 is 10.8. The van der Waals surface area contributed by atoms with Crippen LogP contribution in [0.5, 0.6) is 11.5 Å². The van der Waals surface area contributed by atoms with Crippen LogP contribution in [0, 0.1) is 0 Å². The minimum Gasteiger partial charge on any atom is -0.744 e. The minimum absolute atomic E-state index is 0.